The van der Waals surface area contributed by atoms with Crippen LogP contribution in [0.1, 0.15) is 5.69 Å². The Balaban J connectivity index is 3.13. The van der Waals surface area contributed by atoms with Gasteiger partial charge in [-0.15, -0.1) is 0 Å². The van der Waals surface area contributed by atoms with Crippen LogP contribution in [0.3, 0.4) is 0 Å². The molecule has 1 aromatic heterocycles. The minimum Gasteiger partial charge on any atom is -0.371 e. The maximum Gasteiger partial charge on any atom is 0.154 e. The molecule has 0 fully saturated rings. The summed E-state index contributed by atoms with van der Waals surface area (Å²) in [5.74, 6) is 5.97. The van der Waals surface area contributed by atoms with E-state index in [2.05, 4.69) is 20.7 Å². The third-order valence-corrected chi connectivity index (χ3v) is 1.42. The van der Waals surface area contributed by atoms with Gasteiger partial charge in [-0.1, -0.05) is 0 Å². The van der Waals surface area contributed by atoms with E-state index in [-0.39, 0.29) is 0 Å². The molecule has 4 N–H and O–H groups in total. The lowest BCUT2D eigenvalue weighted by atomic mass is 10.3. The first-order valence-corrected chi connectivity index (χ1v) is 3.25. The van der Waals surface area contributed by atoms with Crippen LogP contribution >= 0.6 is 0 Å². The van der Waals surface area contributed by atoms with Gasteiger partial charge in [0.15, 0.2) is 5.82 Å². The monoisotopic (exact) mass is 153 g/mol. The van der Waals surface area contributed by atoms with Crippen LogP contribution < -0.4 is 16.6 Å². The molecule has 60 valence electrons. The summed E-state index contributed by atoms with van der Waals surface area (Å²) in [6, 6.07) is 0. The van der Waals surface area contributed by atoms with E-state index < -0.39 is 0 Å². The van der Waals surface area contributed by atoms with Gasteiger partial charge in [-0.05, 0) is 6.92 Å². The molecule has 1 aromatic rings. The predicted octanol–water partition coefficient (Wildman–Crippen LogP) is 0.112. The van der Waals surface area contributed by atoms with E-state index >= 15 is 0 Å². The van der Waals surface area contributed by atoms with Gasteiger partial charge in [-0.25, -0.2) is 9.97 Å². The number of nitrogens with two attached hydrogens (primary N) is 1. The molecule has 0 radical (unpaired) electrons. The van der Waals surface area contributed by atoms with Gasteiger partial charge >= 0.3 is 0 Å². The van der Waals surface area contributed by atoms with Crippen molar-refractivity contribution in [2.75, 3.05) is 17.8 Å². The fourth-order valence-corrected chi connectivity index (χ4v) is 0.836. The molecule has 5 nitrogen and oxygen atoms in total. The second kappa shape index (κ2) is 3.16. The number of anilines is 2. The van der Waals surface area contributed by atoms with Gasteiger partial charge in [0.1, 0.15) is 12.0 Å². The number of aryl methyl sites for hydroxylation is 1. The number of hydrogen-bond acceptors (Lipinski definition) is 5. The number of aromatic nitrogens is 2. The summed E-state index contributed by atoms with van der Waals surface area (Å²) in [5, 5.41) is 2.89. The maximum atomic E-state index is 5.26. The highest BCUT2D eigenvalue weighted by atomic mass is 15.2. The van der Waals surface area contributed by atoms with Crippen LogP contribution in [0.25, 0.3) is 0 Å². The molecule has 0 aliphatic heterocycles. The number of hydrogen-bond donors (Lipinski definition) is 3. The first kappa shape index (κ1) is 7.74. The second-order valence-corrected chi connectivity index (χ2v) is 2.08. The Labute approximate surface area is 65.0 Å². The van der Waals surface area contributed by atoms with Gasteiger partial charge < -0.3 is 10.7 Å². The van der Waals surface area contributed by atoms with Crippen molar-refractivity contribution in [3.63, 3.8) is 0 Å². The minimum atomic E-state index is 0.708. The molecular weight excluding hydrogens is 142 g/mol. The highest BCUT2D eigenvalue weighted by Crippen LogP contribution is 2.18. The second-order valence-electron chi connectivity index (χ2n) is 2.08. The van der Waals surface area contributed by atoms with Crippen molar-refractivity contribution in [3.05, 3.63) is 12.0 Å². The first-order valence-electron chi connectivity index (χ1n) is 3.25. The summed E-state index contributed by atoms with van der Waals surface area (Å²) in [5.41, 5.74) is 4.08. The smallest absolute Gasteiger partial charge is 0.154 e. The quantitative estimate of drug-likeness (QED) is 0.415. The van der Waals surface area contributed by atoms with Crippen molar-refractivity contribution in [2.45, 2.75) is 6.92 Å². The van der Waals surface area contributed by atoms with Crippen LogP contribution in [0.15, 0.2) is 6.33 Å². The Morgan fingerprint density at radius 2 is 2.18 bits per heavy atom. The van der Waals surface area contributed by atoms with E-state index in [1.165, 1.54) is 6.33 Å². The molecule has 0 saturated carbocycles. The lowest BCUT2D eigenvalue weighted by molar-refractivity contribution is 1.09. The molecule has 1 rings (SSSR count). The van der Waals surface area contributed by atoms with Crippen LogP contribution in [0.5, 0.6) is 0 Å². The Bertz CT molecular complexity index is 247. The largest absolute Gasteiger partial charge is 0.371 e. The van der Waals surface area contributed by atoms with E-state index in [0.29, 0.717) is 5.82 Å². The van der Waals surface area contributed by atoms with Crippen molar-refractivity contribution in [3.8, 4) is 0 Å². The molecule has 1 heterocycles. The summed E-state index contributed by atoms with van der Waals surface area (Å²) in [7, 11) is 1.78. The molecule has 0 amide bonds. The molecule has 0 unspecified atom stereocenters. The molecule has 0 saturated heterocycles. The van der Waals surface area contributed by atoms with Gasteiger partial charge in [0.05, 0.1) is 5.69 Å². The van der Waals surface area contributed by atoms with Crippen molar-refractivity contribution in [2.24, 2.45) is 5.84 Å². The third-order valence-electron chi connectivity index (χ3n) is 1.42. The van der Waals surface area contributed by atoms with Gasteiger partial charge in [-0.2, -0.15) is 0 Å². The average Bonchev–Trinajstić information content (AvgIpc) is 2.04. The molecule has 0 aromatic carbocycles. The maximum absolute atomic E-state index is 5.26. The molecular formula is C6H11N5. The summed E-state index contributed by atoms with van der Waals surface area (Å²) < 4.78 is 0. The van der Waals surface area contributed by atoms with Gasteiger partial charge in [0.25, 0.3) is 0 Å². The third kappa shape index (κ3) is 1.38. The number of rotatable bonds is 2. The average molecular weight is 153 g/mol. The number of nitrogen functional groups attached to an aromatic ring is 1. The molecule has 0 atom stereocenters. The van der Waals surface area contributed by atoms with Crippen molar-refractivity contribution in [1.29, 1.82) is 0 Å². The number of nitrogens with zero attached hydrogens (tertiary/aromatic N) is 2. The standard InChI is InChI=1S/C6H11N5/c1-4-5(11-7)6(8-2)10-3-9-4/h3,11H,7H2,1-2H3,(H,8,9,10). The zero-order valence-electron chi connectivity index (χ0n) is 6.55. The molecule has 5 heteroatoms. The van der Waals surface area contributed by atoms with Crippen LogP contribution in [0.4, 0.5) is 11.5 Å². The lowest BCUT2D eigenvalue weighted by Gasteiger charge is -2.07. The van der Waals surface area contributed by atoms with Crippen LogP contribution in [-0.2, 0) is 0 Å². The van der Waals surface area contributed by atoms with Crippen molar-refractivity contribution in [1.82, 2.24) is 9.97 Å². The molecule has 0 bridgehead atoms. The normalized spacial score (nSPS) is 9.36. The van der Waals surface area contributed by atoms with Crippen molar-refractivity contribution >= 4 is 11.5 Å². The highest BCUT2D eigenvalue weighted by molar-refractivity contribution is 5.65. The Kier molecular flexibility index (Phi) is 2.22. The summed E-state index contributed by atoms with van der Waals surface area (Å²) in [6.45, 7) is 1.86. The van der Waals surface area contributed by atoms with Crippen LogP contribution in [-0.4, -0.2) is 17.0 Å². The van der Waals surface area contributed by atoms with E-state index in [4.69, 9.17) is 5.84 Å². The van der Waals surface area contributed by atoms with Gasteiger partial charge in [-0.3, -0.25) is 5.84 Å². The zero-order chi connectivity index (χ0) is 8.27. The highest BCUT2D eigenvalue weighted by Gasteiger charge is 2.03. The van der Waals surface area contributed by atoms with Crippen molar-refractivity contribution < 1.29 is 0 Å². The number of nitrogens with one attached hydrogen (secondary N) is 2. The topological polar surface area (TPSA) is 75.9 Å². The SMILES string of the molecule is CNc1ncnc(C)c1NN. The van der Waals surface area contributed by atoms with E-state index in [1.807, 2.05) is 6.92 Å². The predicted molar refractivity (Wildman–Crippen MR) is 44.1 cm³/mol. The van der Waals surface area contributed by atoms with Gasteiger partial charge in [0, 0.05) is 7.05 Å². The summed E-state index contributed by atoms with van der Waals surface area (Å²) in [6.07, 6.45) is 1.49. The zero-order valence-corrected chi connectivity index (χ0v) is 6.55. The lowest BCUT2D eigenvalue weighted by Crippen LogP contribution is -2.12. The van der Waals surface area contributed by atoms with E-state index in [9.17, 15) is 0 Å². The molecule has 0 aliphatic rings. The minimum absolute atomic E-state index is 0.708. The number of hydrazine groups is 1. The van der Waals surface area contributed by atoms with E-state index in [1.54, 1.807) is 7.05 Å². The molecule has 11 heavy (non-hydrogen) atoms. The van der Waals surface area contributed by atoms with E-state index in [0.717, 1.165) is 11.4 Å². The van der Waals surface area contributed by atoms with Crippen LogP contribution in [0.2, 0.25) is 0 Å². The summed E-state index contributed by atoms with van der Waals surface area (Å²) in [4.78, 5) is 7.93. The first-order chi connectivity index (χ1) is 5.29. The molecule has 0 aliphatic carbocycles. The van der Waals surface area contributed by atoms with Gasteiger partial charge in [0.2, 0.25) is 0 Å². The molecule has 0 spiro atoms. The Morgan fingerprint density at radius 3 is 2.64 bits per heavy atom. The fraction of sp³-hybridized carbons (Fsp3) is 0.333. The summed E-state index contributed by atoms with van der Waals surface area (Å²) >= 11 is 0. The Morgan fingerprint density at radius 1 is 1.45 bits per heavy atom. The fourth-order valence-electron chi connectivity index (χ4n) is 0.836. The van der Waals surface area contributed by atoms with Crippen LogP contribution in [0, 0.1) is 6.92 Å². The Hall–Kier alpha value is -1.36.